The molecule has 1 aromatic rings. The van der Waals surface area contributed by atoms with E-state index in [0.29, 0.717) is 6.07 Å². The van der Waals surface area contributed by atoms with Gasteiger partial charge in [-0.05, 0) is 19.1 Å². The van der Waals surface area contributed by atoms with Gasteiger partial charge in [-0.25, -0.2) is 8.78 Å². The summed E-state index contributed by atoms with van der Waals surface area (Å²) in [6, 6.07) is 2.56. The lowest BCUT2D eigenvalue weighted by Gasteiger charge is -2.05. The van der Waals surface area contributed by atoms with Crippen molar-refractivity contribution in [3.8, 4) is 0 Å². The number of rotatable bonds is 4. The summed E-state index contributed by atoms with van der Waals surface area (Å²) >= 11 is 0. The average molecular weight is 243 g/mol. The van der Waals surface area contributed by atoms with E-state index in [1.165, 1.54) is 0 Å². The number of hydrogen-bond acceptors (Lipinski definition) is 3. The molecule has 0 unspecified atom stereocenters. The Morgan fingerprint density at radius 2 is 2.06 bits per heavy atom. The van der Waals surface area contributed by atoms with Crippen LogP contribution < -0.4 is 5.32 Å². The Hall–Kier alpha value is -1.98. The van der Waals surface area contributed by atoms with Crippen LogP contribution in [0.2, 0.25) is 0 Å². The second-order valence-electron chi connectivity index (χ2n) is 3.11. The molecule has 1 aromatic carbocycles. The topological polar surface area (TPSA) is 55.4 Å². The summed E-state index contributed by atoms with van der Waals surface area (Å²) in [5.41, 5.74) is -0.323. The summed E-state index contributed by atoms with van der Waals surface area (Å²) in [4.78, 5) is 22.3. The van der Waals surface area contributed by atoms with Crippen LogP contribution in [0.4, 0.5) is 8.78 Å². The number of hydrogen-bond donors (Lipinski definition) is 1. The predicted octanol–water partition coefficient (Wildman–Crippen LogP) is 1.26. The van der Waals surface area contributed by atoms with Gasteiger partial charge in [-0.1, -0.05) is 0 Å². The van der Waals surface area contributed by atoms with Crippen molar-refractivity contribution < 1.29 is 23.1 Å². The quantitative estimate of drug-likeness (QED) is 0.810. The van der Waals surface area contributed by atoms with Crippen LogP contribution in [0.1, 0.15) is 17.3 Å². The van der Waals surface area contributed by atoms with Crippen molar-refractivity contribution in [3.63, 3.8) is 0 Å². The molecule has 0 spiro atoms. The van der Waals surface area contributed by atoms with Crippen LogP contribution in [0.3, 0.4) is 0 Å². The minimum absolute atomic E-state index is 0.194. The van der Waals surface area contributed by atoms with Crippen molar-refractivity contribution >= 4 is 11.9 Å². The first kappa shape index (κ1) is 13.1. The summed E-state index contributed by atoms with van der Waals surface area (Å²) in [7, 11) is 0. The first-order valence-corrected chi connectivity index (χ1v) is 4.93. The third-order valence-electron chi connectivity index (χ3n) is 1.87. The summed E-state index contributed by atoms with van der Waals surface area (Å²) < 4.78 is 30.3. The molecule has 1 N–H and O–H groups in total. The van der Waals surface area contributed by atoms with Crippen LogP contribution in [-0.2, 0) is 9.53 Å². The number of halogens is 2. The maximum absolute atomic E-state index is 13.2. The molecule has 4 nitrogen and oxygen atoms in total. The summed E-state index contributed by atoms with van der Waals surface area (Å²) in [5, 5.41) is 2.17. The van der Waals surface area contributed by atoms with Gasteiger partial charge in [-0.15, -0.1) is 0 Å². The predicted molar refractivity (Wildman–Crippen MR) is 55.3 cm³/mol. The second-order valence-corrected chi connectivity index (χ2v) is 3.11. The highest BCUT2D eigenvalue weighted by molar-refractivity contribution is 5.96. The van der Waals surface area contributed by atoms with Gasteiger partial charge in [0.05, 0.1) is 12.2 Å². The molecule has 92 valence electrons. The molecule has 6 heteroatoms. The van der Waals surface area contributed by atoms with Gasteiger partial charge in [0.2, 0.25) is 0 Å². The molecule has 1 rings (SSSR count). The molecular weight excluding hydrogens is 232 g/mol. The zero-order chi connectivity index (χ0) is 12.8. The van der Waals surface area contributed by atoms with E-state index in [9.17, 15) is 18.4 Å². The molecule has 0 saturated heterocycles. The van der Waals surface area contributed by atoms with Gasteiger partial charge in [0, 0.05) is 6.07 Å². The van der Waals surface area contributed by atoms with Gasteiger partial charge in [-0.3, -0.25) is 9.59 Å². The molecule has 0 aliphatic heterocycles. The Morgan fingerprint density at radius 3 is 2.65 bits per heavy atom. The molecule has 17 heavy (non-hydrogen) atoms. The molecule has 0 atom stereocenters. The average Bonchev–Trinajstić information content (AvgIpc) is 2.26. The highest BCUT2D eigenvalue weighted by Crippen LogP contribution is 2.08. The fourth-order valence-electron chi connectivity index (χ4n) is 1.13. The summed E-state index contributed by atoms with van der Waals surface area (Å²) in [6.45, 7) is 1.46. The largest absolute Gasteiger partial charge is 0.465 e. The van der Waals surface area contributed by atoms with Crippen molar-refractivity contribution in [2.45, 2.75) is 6.92 Å². The van der Waals surface area contributed by atoms with E-state index in [-0.39, 0.29) is 18.7 Å². The first-order valence-electron chi connectivity index (χ1n) is 4.93. The highest BCUT2D eigenvalue weighted by atomic mass is 19.1. The van der Waals surface area contributed by atoms with Crippen LogP contribution in [-0.4, -0.2) is 25.0 Å². The molecular formula is C11H11F2NO3. The molecule has 0 heterocycles. The molecule has 0 aliphatic carbocycles. The number of esters is 1. The monoisotopic (exact) mass is 243 g/mol. The smallest absolute Gasteiger partial charge is 0.325 e. The third kappa shape index (κ3) is 3.82. The van der Waals surface area contributed by atoms with E-state index < -0.39 is 23.5 Å². The Morgan fingerprint density at radius 1 is 1.35 bits per heavy atom. The maximum atomic E-state index is 13.2. The Kier molecular flexibility index (Phi) is 4.56. The van der Waals surface area contributed by atoms with Crippen LogP contribution in [0.25, 0.3) is 0 Å². The zero-order valence-corrected chi connectivity index (χ0v) is 9.13. The maximum Gasteiger partial charge on any atom is 0.325 e. The van der Waals surface area contributed by atoms with E-state index >= 15 is 0 Å². The van der Waals surface area contributed by atoms with Crippen LogP contribution in [0, 0.1) is 11.6 Å². The Labute approximate surface area is 96.6 Å². The molecule has 0 bridgehead atoms. The minimum Gasteiger partial charge on any atom is -0.465 e. The number of nitrogens with one attached hydrogen (secondary N) is 1. The van der Waals surface area contributed by atoms with Gasteiger partial charge >= 0.3 is 5.97 Å². The van der Waals surface area contributed by atoms with Crippen LogP contribution in [0.5, 0.6) is 0 Å². The lowest BCUT2D eigenvalue weighted by molar-refractivity contribution is -0.141. The summed E-state index contributed by atoms with van der Waals surface area (Å²) in [5.74, 6) is -3.17. The van der Waals surface area contributed by atoms with Crippen molar-refractivity contribution in [1.82, 2.24) is 5.32 Å². The molecule has 0 saturated carbocycles. The van der Waals surface area contributed by atoms with E-state index in [2.05, 4.69) is 10.1 Å². The first-order chi connectivity index (χ1) is 8.04. The highest BCUT2D eigenvalue weighted by Gasteiger charge is 2.13. The molecule has 0 fully saturated rings. The van der Waals surface area contributed by atoms with Gasteiger partial charge in [-0.2, -0.15) is 0 Å². The number of carbonyl (C=O) groups is 2. The second kappa shape index (κ2) is 5.93. The normalized spacial score (nSPS) is 9.82. The number of benzene rings is 1. The van der Waals surface area contributed by atoms with Gasteiger partial charge < -0.3 is 10.1 Å². The van der Waals surface area contributed by atoms with E-state index in [1.807, 2.05) is 0 Å². The van der Waals surface area contributed by atoms with Crippen molar-refractivity contribution in [1.29, 1.82) is 0 Å². The lowest BCUT2D eigenvalue weighted by atomic mass is 10.2. The SMILES string of the molecule is CCOC(=O)CNC(=O)c1ccc(F)cc1F. The zero-order valence-electron chi connectivity index (χ0n) is 9.13. The van der Waals surface area contributed by atoms with Crippen molar-refractivity contribution in [2.24, 2.45) is 0 Å². The Bertz CT molecular complexity index is 435. The number of carbonyl (C=O) groups excluding carboxylic acids is 2. The van der Waals surface area contributed by atoms with Crippen LogP contribution >= 0.6 is 0 Å². The fourth-order valence-corrected chi connectivity index (χ4v) is 1.13. The van der Waals surface area contributed by atoms with E-state index in [0.717, 1.165) is 12.1 Å². The standard InChI is InChI=1S/C11H11F2NO3/c1-2-17-10(15)6-14-11(16)8-4-3-7(12)5-9(8)13/h3-5H,2,6H2,1H3,(H,14,16). The van der Waals surface area contributed by atoms with Crippen molar-refractivity contribution in [2.75, 3.05) is 13.2 Å². The lowest BCUT2D eigenvalue weighted by Crippen LogP contribution is -2.31. The number of ether oxygens (including phenoxy) is 1. The molecule has 0 aliphatic rings. The summed E-state index contributed by atoms with van der Waals surface area (Å²) in [6.07, 6.45) is 0. The Balaban J connectivity index is 2.61. The van der Waals surface area contributed by atoms with E-state index in [1.54, 1.807) is 6.92 Å². The van der Waals surface area contributed by atoms with E-state index in [4.69, 9.17) is 0 Å². The van der Waals surface area contributed by atoms with Gasteiger partial charge in [0.15, 0.2) is 0 Å². The molecule has 0 aromatic heterocycles. The third-order valence-corrected chi connectivity index (χ3v) is 1.87. The molecule has 1 amide bonds. The number of amides is 1. The van der Waals surface area contributed by atoms with Gasteiger partial charge in [0.1, 0.15) is 18.2 Å². The van der Waals surface area contributed by atoms with Gasteiger partial charge in [0.25, 0.3) is 5.91 Å². The van der Waals surface area contributed by atoms with Crippen molar-refractivity contribution in [3.05, 3.63) is 35.4 Å². The van der Waals surface area contributed by atoms with Crippen LogP contribution in [0.15, 0.2) is 18.2 Å². The fraction of sp³-hybridized carbons (Fsp3) is 0.273. The molecule has 0 radical (unpaired) electrons. The minimum atomic E-state index is -0.980.